The summed E-state index contributed by atoms with van der Waals surface area (Å²) in [6, 6.07) is 18.4. The summed E-state index contributed by atoms with van der Waals surface area (Å²) in [5.41, 5.74) is 2.25. The highest BCUT2D eigenvalue weighted by atomic mass is 32.1. The number of hydrogen-bond donors (Lipinski definition) is 0. The first kappa shape index (κ1) is 11.4. The Morgan fingerprint density at radius 3 is 2.50 bits per heavy atom. The van der Waals surface area contributed by atoms with Crippen LogP contribution < -0.4 is 0 Å². The fourth-order valence-corrected chi connectivity index (χ4v) is 2.72. The van der Waals surface area contributed by atoms with Crippen LogP contribution in [0.3, 0.4) is 0 Å². The molecule has 0 aliphatic carbocycles. The lowest BCUT2D eigenvalue weighted by Crippen LogP contribution is -1.93. The zero-order chi connectivity index (χ0) is 12.2. The zero-order valence-corrected chi connectivity index (χ0v) is 10.7. The maximum atomic E-state index is 5.68. The molecule has 0 unspecified atom stereocenters. The van der Waals surface area contributed by atoms with E-state index in [-0.39, 0.29) is 0 Å². The standard InChI is InChI=1S/C15H13NOS/c1-2-6-12(7-3-1)10-17-11-15-16-13-8-4-5-9-14(13)18-15/h1-9H,10-11H2. The van der Waals surface area contributed by atoms with Gasteiger partial charge in [-0.15, -0.1) is 11.3 Å². The molecule has 3 aromatic rings. The smallest absolute Gasteiger partial charge is 0.120 e. The summed E-state index contributed by atoms with van der Waals surface area (Å²) in [6.07, 6.45) is 0. The minimum atomic E-state index is 0.578. The van der Waals surface area contributed by atoms with Crippen molar-refractivity contribution < 1.29 is 4.74 Å². The summed E-state index contributed by atoms with van der Waals surface area (Å²) in [7, 11) is 0. The summed E-state index contributed by atoms with van der Waals surface area (Å²) in [6.45, 7) is 1.21. The molecule has 0 radical (unpaired) electrons. The molecule has 0 saturated carbocycles. The third-order valence-corrected chi connectivity index (χ3v) is 3.69. The third-order valence-electron chi connectivity index (χ3n) is 2.68. The number of hydrogen-bond acceptors (Lipinski definition) is 3. The number of para-hydroxylation sites is 1. The van der Waals surface area contributed by atoms with Crippen molar-refractivity contribution in [3.05, 3.63) is 65.2 Å². The zero-order valence-electron chi connectivity index (χ0n) is 9.87. The molecule has 2 nitrogen and oxygen atoms in total. The van der Waals surface area contributed by atoms with Crippen molar-refractivity contribution in [2.24, 2.45) is 0 Å². The SMILES string of the molecule is c1ccc(COCc2nc3ccccc3s2)cc1. The van der Waals surface area contributed by atoms with Crippen LogP contribution in [-0.2, 0) is 18.0 Å². The Hall–Kier alpha value is -1.71. The van der Waals surface area contributed by atoms with E-state index in [9.17, 15) is 0 Å². The molecule has 0 atom stereocenters. The first-order valence-corrected chi connectivity index (χ1v) is 6.69. The molecule has 0 aliphatic rings. The van der Waals surface area contributed by atoms with Crippen molar-refractivity contribution in [1.82, 2.24) is 4.98 Å². The van der Waals surface area contributed by atoms with E-state index < -0.39 is 0 Å². The van der Waals surface area contributed by atoms with E-state index in [0.29, 0.717) is 13.2 Å². The maximum absolute atomic E-state index is 5.68. The minimum absolute atomic E-state index is 0.578. The van der Waals surface area contributed by atoms with Gasteiger partial charge in [0.05, 0.1) is 23.4 Å². The molecular formula is C15H13NOS. The van der Waals surface area contributed by atoms with Crippen LogP contribution in [-0.4, -0.2) is 4.98 Å². The average molecular weight is 255 g/mol. The molecule has 0 spiro atoms. The molecule has 90 valence electrons. The predicted octanol–water partition coefficient (Wildman–Crippen LogP) is 4.01. The second-order valence-corrected chi connectivity index (χ2v) is 5.17. The van der Waals surface area contributed by atoms with Gasteiger partial charge in [-0.1, -0.05) is 42.5 Å². The predicted molar refractivity (Wildman–Crippen MR) is 74.6 cm³/mol. The van der Waals surface area contributed by atoms with Gasteiger partial charge in [0.2, 0.25) is 0 Å². The highest BCUT2D eigenvalue weighted by molar-refractivity contribution is 7.18. The number of fused-ring (bicyclic) bond motifs is 1. The molecule has 3 heteroatoms. The van der Waals surface area contributed by atoms with E-state index in [2.05, 4.69) is 23.2 Å². The van der Waals surface area contributed by atoms with Gasteiger partial charge in [0, 0.05) is 0 Å². The van der Waals surface area contributed by atoms with Crippen molar-refractivity contribution in [1.29, 1.82) is 0 Å². The van der Waals surface area contributed by atoms with Gasteiger partial charge in [0.25, 0.3) is 0 Å². The molecule has 2 aromatic carbocycles. The van der Waals surface area contributed by atoms with Crippen LogP contribution in [0.25, 0.3) is 10.2 Å². The first-order valence-electron chi connectivity index (χ1n) is 5.88. The van der Waals surface area contributed by atoms with Crippen LogP contribution in [0.15, 0.2) is 54.6 Å². The normalized spacial score (nSPS) is 10.9. The molecule has 0 saturated heterocycles. The fourth-order valence-electron chi connectivity index (χ4n) is 1.81. The molecule has 3 rings (SSSR count). The molecule has 0 amide bonds. The number of aromatic nitrogens is 1. The number of ether oxygens (including phenoxy) is 1. The van der Waals surface area contributed by atoms with E-state index in [1.807, 2.05) is 36.4 Å². The van der Waals surface area contributed by atoms with Gasteiger partial charge < -0.3 is 4.74 Å². The molecule has 1 heterocycles. The maximum Gasteiger partial charge on any atom is 0.120 e. The molecule has 0 fully saturated rings. The molecule has 1 aromatic heterocycles. The Morgan fingerprint density at radius 2 is 1.67 bits per heavy atom. The number of thiazole rings is 1. The monoisotopic (exact) mass is 255 g/mol. The second kappa shape index (κ2) is 5.29. The Balaban J connectivity index is 1.63. The van der Waals surface area contributed by atoms with Crippen LogP contribution in [0.5, 0.6) is 0 Å². The lowest BCUT2D eigenvalue weighted by atomic mass is 10.2. The summed E-state index contributed by atoms with van der Waals surface area (Å²) >= 11 is 1.70. The Bertz CT molecular complexity index is 600. The van der Waals surface area contributed by atoms with E-state index in [1.165, 1.54) is 10.3 Å². The van der Waals surface area contributed by atoms with Crippen molar-refractivity contribution in [2.75, 3.05) is 0 Å². The van der Waals surface area contributed by atoms with Gasteiger partial charge in [-0.3, -0.25) is 0 Å². The van der Waals surface area contributed by atoms with Gasteiger partial charge in [0.15, 0.2) is 0 Å². The van der Waals surface area contributed by atoms with Gasteiger partial charge in [-0.2, -0.15) is 0 Å². The molecular weight excluding hydrogens is 242 g/mol. The summed E-state index contributed by atoms with van der Waals surface area (Å²) in [5, 5.41) is 1.03. The Labute approximate surface area is 110 Å². The first-order chi connectivity index (χ1) is 8.92. The van der Waals surface area contributed by atoms with Gasteiger partial charge >= 0.3 is 0 Å². The van der Waals surface area contributed by atoms with E-state index in [0.717, 1.165) is 10.5 Å². The van der Waals surface area contributed by atoms with Crippen LogP contribution in [0, 0.1) is 0 Å². The molecule has 18 heavy (non-hydrogen) atoms. The highest BCUT2D eigenvalue weighted by Crippen LogP contribution is 2.22. The van der Waals surface area contributed by atoms with Crippen molar-refractivity contribution in [3.8, 4) is 0 Å². The lowest BCUT2D eigenvalue weighted by molar-refractivity contribution is 0.107. The van der Waals surface area contributed by atoms with Gasteiger partial charge in [-0.05, 0) is 17.7 Å². The van der Waals surface area contributed by atoms with Crippen LogP contribution >= 0.6 is 11.3 Å². The topological polar surface area (TPSA) is 22.1 Å². The quantitative estimate of drug-likeness (QED) is 0.702. The van der Waals surface area contributed by atoms with Crippen molar-refractivity contribution in [2.45, 2.75) is 13.2 Å². The lowest BCUT2D eigenvalue weighted by Gasteiger charge is -2.01. The van der Waals surface area contributed by atoms with Gasteiger partial charge in [-0.25, -0.2) is 4.98 Å². The average Bonchev–Trinajstić information content (AvgIpc) is 2.82. The van der Waals surface area contributed by atoms with E-state index in [1.54, 1.807) is 11.3 Å². The second-order valence-electron chi connectivity index (χ2n) is 4.05. The number of rotatable bonds is 4. The fraction of sp³-hybridized carbons (Fsp3) is 0.133. The molecule has 0 bridgehead atoms. The minimum Gasteiger partial charge on any atom is -0.370 e. The number of benzene rings is 2. The number of nitrogens with zero attached hydrogens (tertiary/aromatic N) is 1. The van der Waals surface area contributed by atoms with E-state index in [4.69, 9.17) is 4.74 Å². The van der Waals surface area contributed by atoms with E-state index >= 15 is 0 Å². The molecule has 0 aliphatic heterocycles. The van der Waals surface area contributed by atoms with Crippen LogP contribution in [0.2, 0.25) is 0 Å². The summed E-state index contributed by atoms with van der Waals surface area (Å²) < 4.78 is 6.90. The third kappa shape index (κ3) is 2.58. The van der Waals surface area contributed by atoms with Gasteiger partial charge in [0.1, 0.15) is 5.01 Å². The Morgan fingerprint density at radius 1 is 0.889 bits per heavy atom. The summed E-state index contributed by atoms with van der Waals surface area (Å²) in [4.78, 5) is 4.54. The molecule has 0 N–H and O–H groups in total. The van der Waals surface area contributed by atoms with Crippen LogP contribution in [0.1, 0.15) is 10.6 Å². The largest absolute Gasteiger partial charge is 0.370 e. The summed E-state index contributed by atoms with van der Waals surface area (Å²) in [5.74, 6) is 0. The Kier molecular flexibility index (Phi) is 3.35. The highest BCUT2D eigenvalue weighted by Gasteiger charge is 2.02. The van der Waals surface area contributed by atoms with Crippen molar-refractivity contribution >= 4 is 21.6 Å². The van der Waals surface area contributed by atoms with Crippen LogP contribution in [0.4, 0.5) is 0 Å². The van der Waals surface area contributed by atoms with Crippen molar-refractivity contribution in [3.63, 3.8) is 0 Å².